The van der Waals surface area contributed by atoms with Gasteiger partial charge in [-0.2, -0.15) is 0 Å². The molecule has 1 fully saturated rings. The van der Waals surface area contributed by atoms with E-state index in [0.29, 0.717) is 30.5 Å². The Morgan fingerprint density at radius 1 is 0.964 bits per heavy atom. The van der Waals surface area contributed by atoms with Gasteiger partial charge in [-0.25, -0.2) is 0 Å². The van der Waals surface area contributed by atoms with Crippen LogP contribution in [-0.4, -0.2) is 41.3 Å². The van der Waals surface area contributed by atoms with Gasteiger partial charge in [0.05, 0.1) is 34.5 Å². The fraction of sp³-hybridized carbons (Fsp3) is 0.364. The molecular formula is C22H24O6. The lowest BCUT2D eigenvalue weighted by Gasteiger charge is -2.28. The molecule has 0 bridgehead atoms. The number of hydrogen-bond acceptors (Lipinski definition) is 6. The van der Waals surface area contributed by atoms with E-state index in [2.05, 4.69) is 6.58 Å². The molecule has 2 heterocycles. The Morgan fingerprint density at radius 3 is 2.29 bits per heavy atom. The third kappa shape index (κ3) is 3.14. The lowest BCUT2D eigenvalue weighted by atomic mass is 9.77. The van der Waals surface area contributed by atoms with E-state index >= 15 is 0 Å². The van der Waals surface area contributed by atoms with Gasteiger partial charge in [0.2, 0.25) is 6.79 Å². The number of ether oxygens (including phenoxy) is 6. The van der Waals surface area contributed by atoms with Gasteiger partial charge in [0, 0.05) is 29.5 Å². The Balaban J connectivity index is 1.90. The third-order valence-electron chi connectivity index (χ3n) is 5.33. The van der Waals surface area contributed by atoms with Gasteiger partial charge in [-0.1, -0.05) is 12.6 Å². The molecule has 0 amide bonds. The van der Waals surface area contributed by atoms with Crippen molar-refractivity contribution >= 4 is 0 Å². The van der Waals surface area contributed by atoms with Gasteiger partial charge in [0.15, 0.2) is 11.5 Å². The van der Waals surface area contributed by atoms with Crippen LogP contribution in [0.3, 0.4) is 0 Å². The molecule has 0 N–H and O–H groups in total. The van der Waals surface area contributed by atoms with Crippen molar-refractivity contribution in [2.24, 2.45) is 5.92 Å². The van der Waals surface area contributed by atoms with Crippen LogP contribution in [0.25, 0.3) is 0 Å². The standard InChI is InChI=1S/C22H24O6/c1-13-10-26-11-16(13)21(14-5-6-17-18(7-14)28-12-27-17)22-19(24-3)8-15(23-2)9-20(22)25-4/h5-9,16,21H,1,10-12H2,2-4H3/t16-,21-/m0/s1. The Labute approximate surface area is 164 Å². The minimum Gasteiger partial charge on any atom is -0.496 e. The highest BCUT2D eigenvalue weighted by molar-refractivity contribution is 5.58. The van der Waals surface area contributed by atoms with Crippen LogP contribution in [0.5, 0.6) is 28.7 Å². The normalized spacial score (nSPS) is 18.8. The van der Waals surface area contributed by atoms with Gasteiger partial charge in [0.25, 0.3) is 0 Å². The summed E-state index contributed by atoms with van der Waals surface area (Å²) >= 11 is 0. The monoisotopic (exact) mass is 384 g/mol. The SMILES string of the molecule is C=C1COC[C@@H]1[C@H](c1ccc2c(c1)OCO2)c1c(OC)cc(OC)cc1OC. The lowest BCUT2D eigenvalue weighted by molar-refractivity contribution is 0.173. The zero-order valence-corrected chi connectivity index (χ0v) is 16.3. The van der Waals surface area contributed by atoms with E-state index in [4.69, 9.17) is 28.4 Å². The molecule has 0 saturated carbocycles. The van der Waals surface area contributed by atoms with Crippen molar-refractivity contribution in [3.8, 4) is 28.7 Å². The first-order chi connectivity index (χ1) is 13.7. The smallest absolute Gasteiger partial charge is 0.231 e. The van der Waals surface area contributed by atoms with E-state index in [-0.39, 0.29) is 18.6 Å². The first-order valence-corrected chi connectivity index (χ1v) is 9.11. The van der Waals surface area contributed by atoms with E-state index in [0.717, 1.165) is 28.2 Å². The molecule has 0 spiro atoms. The van der Waals surface area contributed by atoms with Crippen molar-refractivity contribution in [3.63, 3.8) is 0 Å². The fourth-order valence-corrected chi connectivity index (χ4v) is 3.92. The van der Waals surface area contributed by atoms with Crippen molar-refractivity contribution in [2.75, 3.05) is 41.3 Å². The number of fused-ring (bicyclic) bond motifs is 1. The highest BCUT2D eigenvalue weighted by Gasteiger charge is 2.36. The molecule has 148 valence electrons. The summed E-state index contributed by atoms with van der Waals surface area (Å²) in [6, 6.07) is 9.74. The van der Waals surface area contributed by atoms with Crippen LogP contribution in [0, 0.1) is 5.92 Å². The quantitative estimate of drug-likeness (QED) is 0.707. The van der Waals surface area contributed by atoms with Crippen LogP contribution in [0.2, 0.25) is 0 Å². The van der Waals surface area contributed by atoms with Gasteiger partial charge in [-0.15, -0.1) is 0 Å². The minimum absolute atomic E-state index is 0.0802. The van der Waals surface area contributed by atoms with Crippen molar-refractivity contribution in [3.05, 3.63) is 53.6 Å². The maximum atomic E-state index is 5.73. The lowest BCUT2D eigenvalue weighted by Crippen LogP contribution is -2.18. The summed E-state index contributed by atoms with van der Waals surface area (Å²) < 4.78 is 33.7. The molecule has 0 unspecified atom stereocenters. The highest BCUT2D eigenvalue weighted by atomic mass is 16.7. The van der Waals surface area contributed by atoms with Gasteiger partial charge in [0.1, 0.15) is 17.2 Å². The molecule has 2 aromatic rings. The van der Waals surface area contributed by atoms with Crippen molar-refractivity contribution in [1.82, 2.24) is 0 Å². The Bertz CT molecular complexity index is 866. The topological polar surface area (TPSA) is 55.4 Å². The first-order valence-electron chi connectivity index (χ1n) is 9.11. The Kier molecular flexibility index (Phi) is 5.05. The van der Waals surface area contributed by atoms with Gasteiger partial charge in [-0.3, -0.25) is 0 Å². The molecule has 2 atom stereocenters. The van der Waals surface area contributed by atoms with Crippen LogP contribution >= 0.6 is 0 Å². The summed E-state index contributed by atoms with van der Waals surface area (Å²) in [6.07, 6.45) is 0. The van der Waals surface area contributed by atoms with Gasteiger partial charge in [-0.05, 0) is 23.3 Å². The zero-order valence-electron chi connectivity index (χ0n) is 16.3. The van der Waals surface area contributed by atoms with Gasteiger partial charge >= 0.3 is 0 Å². The van der Waals surface area contributed by atoms with Crippen molar-refractivity contribution < 1.29 is 28.4 Å². The van der Waals surface area contributed by atoms with E-state index in [1.807, 2.05) is 30.3 Å². The summed E-state index contributed by atoms with van der Waals surface area (Å²) in [6.45, 7) is 5.60. The van der Waals surface area contributed by atoms with Crippen LogP contribution in [0.4, 0.5) is 0 Å². The number of hydrogen-bond donors (Lipinski definition) is 0. The summed E-state index contributed by atoms with van der Waals surface area (Å²) in [7, 11) is 4.92. The molecule has 1 saturated heterocycles. The predicted octanol–water partition coefficient (Wildman–Crippen LogP) is 3.78. The molecule has 28 heavy (non-hydrogen) atoms. The maximum Gasteiger partial charge on any atom is 0.231 e. The third-order valence-corrected chi connectivity index (χ3v) is 5.33. The molecular weight excluding hydrogens is 360 g/mol. The summed E-state index contributed by atoms with van der Waals surface area (Å²) in [4.78, 5) is 0. The predicted molar refractivity (Wildman–Crippen MR) is 104 cm³/mol. The minimum atomic E-state index is -0.0830. The van der Waals surface area contributed by atoms with Crippen LogP contribution in [0.15, 0.2) is 42.5 Å². The molecule has 0 radical (unpaired) electrons. The second kappa shape index (κ2) is 7.64. The molecule has 0 aromatic heterocycles. The number of rotatable bonds is 6. The average Bonchev–Trinajstić information content (AvgIpc) is 3.36. The highest BCUT2D eigenvalue weighted by Crippen LogP contribution is 2.49. The van der Waals surface area contributed by atoms with Crippen molar-refractivity contribution in [1.29, 1.82) is 0 Å². The molecule has 6 nitrogen and oxygen atoms in total. The molecule has 0 aliphatic carbocycles. The summed E-state index contributed by atoms with van der Waals surface area (Å²) in [5, 5.41) is 0. The number of methoxy groups -OCH3 is 3. The number of benzene rings is 2. The summed E-state index contributed by atoms with van der Waals surface area (Å²) in [5.74, 6) is 3.54. The zero-order chi connectivity index (χ0) is 19.7. The van der Waals surface area contributed by atoms with E-state index in [9.17, 15) is 0 Å². The fourth-order valence-electron chi connectivity index (χ4n) is 3.92. The largest absolute Gasteiger partial charge is 0.496 e. The van der Waals surface area contributed by atoms with Crippen LogP contribution < -0.4 is 23.7 Å². The van der Waals surface area contributed by atoms with Crippen molar-refractivity contribution in [2.45, 2.75) is 5.92 Å². The molecule has 2 aromatic carbocycles. The summed E-state index contributed by atoms with van der Waals surface area (Å²) in [5.41, 5.74) is 3.03. The molecule has 2 aliphatic heterocycles. The van der Waals surface area contributed by atoms with Gasteiger partial charge < -0.3 is 28.4 Å². The second-order valence-corrected chi connectivity index (χ2v) is 6.82. The van der Waals surface area contributed by atoms with E-state index < -0.39 is 0 Å². The molecule has 4 rings (SSSR count). The van der Waals surface area contributed by atoms with Crippen LogP contribution in [-0.2, 0) is 4.74 Å². The Hall–Kier alpha value is -2.86. The van der Waals surface area contributed by atoms with Crippen LogP contribution in [0.1, 0.15) is 17.0 Å². The Morgan fingerprint density at radius 2 is 1.68 bits per heavy atom. The van der Waals surface area contributed by atoms with E-state index in [1.165, 1.54) is 0 Å². The molecule has 2 aliphatic rings. The van der Waals surface area contributed by atoms with E-state index in [1.54, 1.807) is 21.3 Å². The average molecular weight is 384 g/mol. The second-order valence-electron chi connectivity index (χ2n) is 6.82. The molecule has 6 heteroatoms. The first kappa shape index (κ1) is 18.5. The maximum absolute atomic E-state index is 5.73.